The summed E-state index contributed by atoms with van der Waals surface area (Å²) in [6.45, 7) is 0. The van der Waals surface area contributed by atoms with E-state index in [2.05, 4.69) is 9.97 Å². The molecule has 0 saturated carbocycles. The van der Waals surface area contributed by atoms with Gasteiger partial charge in [-0.1, -0.05) is 11.6 Å². The lowest BCUT2D eigenvalue weighted by molar-refractivity contribution is -0.135. The van der Waals surface area contributed by atoms with E-state index in [1.807, 2.05) is 0 Å². The number of alkyl halides is 3. The van der Waals surface area contributed by atoms with Crippen LogP contribution in [0.2, 0.25) is 5.02 Å². The van der Waals surface area contributed by atoms with Gasteiger partial charge in [-0.05, 0) is 30.7 Å². The topological polar surface area (TPSA) is 47.8 Å². The first-order valence-electron chi connectivity index (χ1n) is 7.03. The molecule has 0 N–H and O–H groups in total. The van der Waals surface area contributed by atoms with Gasteiger partial charge in [0.15, 0.2) is 10.3 Å². The molecule has 9 heteroatoms. The Kier molecular flexibility index (Phi) is 4.60. The van der Waals surface area contributed by atoms with Crippen molar-refractivity contribution in [2.45, 2.75) is 25.4 Å². The van der Waals surface area contributed by atoms with Crippen molar-refractivity contribution in [1.82, 2.24) is 14.5 Å². The highest BCUT2D eigenvalue weighted by Gasteiger charge is 2.26. The SMILES string of the molecule is O=c1c2ncsc2nc(CCCC(F)(F)F)n1-c1ccc(Cl)cc1. The molecular weight excluding hydrogens is 363 g/mol. The van der Waals surface area contributed by atoms with Crippen LogP contribution < -0.4 is 5.56 Å². The third-order valence-electron chi connectivity index (χ3n) is 3.39. The second-order valence-corrected chi connectivity index (χ2v) is 6.39. The lowest BCUT2D eigenvalue weighted by atomic mass is 10.2. The van der Waals surface area contributed by atoms with E-state index in [0.717, 1.165) is 0 Å². The molecular formula is C15H11ClF3N3OS. The Balaban J connectivity index is 2.06. The zero-order chi connectivity index (χ0) is 17.3. The van der Waals surface area contributed by atoms with Crippen LogP contribution >= 0.6 is 22.9 Å². The quantitative estimate of drug-likeness (QED) is 0.681. The van der Waals surface area contributed by atoms with Crippen LogP contribution in [0.3, 0.4) is 0 Å². The molecule has 126 valence electrons. The molecule has 3 rings (SSSR count). The van der Waals surface area contributed by atoms with Crippen LogP contribution in [0.1, 0.15) is 18.7 Å². The van der Waals surface area contributed by atoms with Gasteiger partial charge in [0.25, 0.3) is 5.56 Å². The minimum absolute atomic E-state index is 0.0330. The van der Waals surface area contributed by atoms with E-state index in [9.17, 15) is 18.0 Å². The smallest absolute Gasteiger partial charge is 0.266 e. The fraction of sp³-hybridized carbons (Fsp3) is 0.267. The second kappa shape index (κ2) is 6.52. The fourth-order valence-electron chi connectivity index (χ4n) is 2.33. The van der Waals surface area contributed by atoms with Crippen molar-refractivity contribution in [1.29, 1.82) is 0 Å². The molecule has 0 amide bonds. The van der Waals surface area contributed by atoms with E-state index >= 15 is 0 Å². The summed E-state index contributed by atoms with van der Waals surface area (Å²) in [5.74, 6) is 0.281. The molecule has 0 bridgehead atoms. The number of fused-ring (bicyclic) bond motifs is 1. The van der Waals surface area contributed by atoms with E-state index in [1.54, 1.807) is 24.3 Å². The summed E-state index contributed by atoms with van der Waals surface area (Å²) in [6, 6.07) is 6.45. The summed E-state index contributed by atoms with van der Waals surface area (Å²) in [6.07, 6.45) is -5.27. The van der Waals surface area contributed by atoms with Gasteiger partial charge in [-0.3, -0.25) is 9.36 Å². The molecule has 0 radical (unpaired) electrons. The highest BCUT2D eigenvalue weighted by molar-refractivity contribution is 7.16. The molecule has 0 fully saturated rings. The van der Waals surface area contributed by atoms with Gasteiger partial charge in [0.1, 0.15) is 5.82 Å². The lowest BCUT2D eigenvalue weighted by Gasteiger charge is -2.13. The molecule has 0 unspecified atom stereocenters. The average molecular weight is 374 g/mol. The molecule has 0 aliphatic rings. The van der Waals surface area contributed by atoms with Crippen molar-refractivity contribution in [2.75, 3.05) is 0 Å². The lowest BCUT2D eigenvalue weighted by Crippen LogP contribution is -2.24. The summed E-state index contributed by atoms with van der Waals surface area (Å²) in [4.78, 5) is 21.4. The number of benzene rings is 1. The van der Waals surface area contributed by atoms with E-state index in [4.69, 9.17) is 11.6 Å². The largest absolute Gasteiger partial charge is 0.389 e. The van der Waals surface area contributed by atoms with Gasteiger partial charge in [0, 0.05) is 17.9 Å². The van der Waals surface area contributed by atoms with Crippen molar-refractivity contribution in [3.05, 3.63) is 51.0 Å². The predicted octanol–water partition coefficient (Wildman–Crippen LogP) is 4.38. The Labute approximate surface area is 143 Å². The zero-order valence-corrected chi connectivity index (χ0v) is 13.8. The van der Waals surface area contributed by atoms with E-state index in [-0.39, 0.29) is 24.2 Å². The summed E-state index contributed by atoms with van der Waals surface area (Å²) in [7, 11) is 0. The summed E-state index contributed by atoms with van der Waals surface area (Å²) in [5, 5.41) is 0.494. The van der Waals surface area contributed by atoms with Crippen LogP contribution in [0.25, 0.3) is 16.0 Å². The molecule has 24 heavy (non-hydrogen) atoms. The Morgan fingerprint density at radius 1 is 1.21 bits per heavy atom. The standard InChI is InChI=1S/C15H11ClF3N3OS/c16-9-3-5-10(6-4-9)22-11(2-1-7-15(17,18)19)21-13-12(14(22)23)20-8-24-13/h3-6,8H,1-2,7H2. The Bertz CT molecular complexity index is 918. The maximum absolute atomic E-state index is 12.7. The van der Waals surface area contributed by atoms with Gasteiger partial charge >= 0.3 is 6.18 Å². The zero-order valence-electron chi connectivity index (χ0n) is 12.2. The van der Waals surface area contributed by atoms with Crippen molar-refractivity contribution in [3.8, 4) is 5.69 Å². The van der Waals surface area contributed by atoms with Gasteiger partial charge in [-0.2, -0.15) is 13.2 Å². The normalized spacial score (nSPS) is 12.0. The van der Waals surface area contributed by atoms with Crippen LogP contribution in [0.5, 0.6) is 0 Å². The Hall–Kier alpha value is -1.93. The predicted molar refractivity (Wildman–Crippen MR) is 87.0 cm³/mol. The molecule has 0 aliphatic heterocycles. The number of aryl methyl sites for hydroxylation is 1. The highest BCUT2D eigenvalue weighted by Crippen LogP contribution is 2.23. The molecule has 4 nitrogen and oxygen atoms in total. The maximum atomic E-state index is 12.7. The first kappa shape index (κ1) is 16.9. The fourth-order valence-corrected chi connectivity index (χ4v) is 3.12. The summed E-state index contributed by atoms with van der Waals surface area (Å²) in [5.41, 5.74) is 1.79. The first-order chi connectivity index (χ1) is 11.3. The maximum Gasteiger partial charge on any atom is 0.389 e. The molecule has 0 atom stereocenters. The molecule has 0 saturated heterocycles. The number of thiazole rings is 1. The monoisotopic (exact) mass is 373 g/mol. The van der Waals surface area contributed by atoms with Crippen LogP contribution in [0.15, 0.2) is 34.6 Å². The van der Waals surface area contributed by atoms with Gasteiger partial charge in [-0.15, -0.1) is 11.3 Å². The van der Waals surface area contributed by atoms with Crippen LogP contribution in [0.4, 0.5) is 13.2 Å². The number of aromatic nitrogens is 3. The number of hydrogen-bond donors (Lipinski definition) is 0. The van der Waals surface area contributed by atoms with Gasteiger partial charge in [0.2, 0.25) is 0 Å². The van der Waals surface area contributed by atoms with E-state index in [0.29, 0.717) is 15.5 Å². The number of rotatable bonds is 4. The van der Waals surface area contributed by atoms with E-state index < -0.39 is 18.2 Å². The minimum atomic E-state index is -4.24. The van der Waals surface area contributed by atoms with Crippen molar-refractivity contribution < 1.29 is 13.2 Å². The number of nitrogens with zero attached hydrogens (tertiary/aromatic N) is 3. The molecule has 0 spiro atoms. The van der Waals surface area contributed by atoms with Crippen LogP contribution in [-0.2, 0) is 6.42 Å². The molecule has 3 aromatic rings. The third kappa shape index (κ3) is 3.59. The average Bonchev–Trinajstić information content (AvgIpc) is 2.96. The molecule has 2 aromatic heterocycles. The van der Waals surface area contributed by atoms with Crippen LogP contribution in [0, 0.1) is 0 Å². The number of hydrogen-bond acceptors (Lipinski definition) is 4. The Morgan fingerprint density at radius 2 is 1.92 bits per heavy atom. The highest BCUT2D eigenvalue weighted by atomic mass is 35.5. The Morgan fingerprint density at radius 3 is 2.58 bits per heavy atom. The molecule has 2 heterocycles. The van der Waals surface area contributed by atoms with Gasteiger partial charge in [-0.25, -0.2) is 9.97 Å². The van der Waals surface area contributed by atoms with Gasteiger partial charge in [0.05, 0.1) is 11.2 Å². The van der Waals surface area contributed by atoms with Crippen molar-refractivity contribution >= 4 is 33.3 Å². The third-order valence-corrected chi connectivity index (χ3v) is 4.36. The molecule has 1 aromatic carbocycles. The minimum Gasteiger partial charge on any atom is -0.266 e. The summed E-state index contributed by atoms with van der Waals surface area (Å²) >= 11 is 7.03. The van der Waals surface area contributed by atoms with Crippen molar-refractivity contribution in [2.24, 2.45) is 0 Å². The second-order valence-electron chi connectivity index (χ2n) is 5.12. The van der Waals surface area contributed by atoms with Gasteiger partial charge < -0.3 is 0 Å². The molecule has 0 aliphatic carbocycles. The van der Waals surface area contributed by atoms with Crippen LogP contribution in [-0.4, -0.2) is 20.7 Å². The summed E-state index contributed by atoms with van der Waals surface area (Å²) < 4.78 is 38.5. The first-order valence-corrected chi connectivity index (χ1v) is 8.29. The van der Waals surface area contributed by atoms with E-state index in [1.165, 1.54) is 21.4 Å². The van der Waals surface area contributed by atoms with Crippen molar-refractivity contribution in [3.63, 3.8) is 0 Å². The number of halogens is 4.